The molecule has 0 saturated carbocycles. The smallest absolute Gasteiger partial charge is 0.306 e. The van der Waals surface area contributed by atoms with E-state index < -0.39 is 0 Å². The van der Waals surface area contributed by atoms with Gasteiger partial charge in [0.1, 0.15) is 6.10 Å². The molecule has 0 aliphatic rings. The summed E-state index contributed by atoms with van der Waals surface area (Å²) in [6.07, 6.45) is 31.8. The number of carbonyl (C=O) groups is 1. The maximum absolute atomic E-state index is 12.4. The van der Waals surface area contributed by atoms with Gasteiger partial charge in [0.05, 0.1) is 0 Å². The zero-order valence-electron chi connectivity index (χ0n) is 22.7. The lowest BCUT2D eigenvalue weighted by molar-refractivity contribution is -0.148. The van der Waals surface area contributed by atoms with E-state index in [-0.39, 0.29) is 12.1 Å². The van der Waals surface area contributed by atoms with Gasteiger partial charge in [0.15, 0.2) is 0 Å². The van der Waals surface area contributed by atoms with E-state index in [4.69, 9.17) is 4.74 Å². The Balaban J connectivity index is 4.19. The maximum atomic E-state index is 12.4. The molecule has 0 aliphatic heterocycles. The summed E-state index contributed by atoms with van der Waals surface area (Å²) in [6.45, 7) is 5.58. The molecule has 3 nitrogen and oxygen atoms in total. The van der Waals surface area contributed by atoms with Crippen LogP contribution in [0.4, 0.5) is 0 Å². The first kappa shape index (κ1) is 31.9. The minimum Gasteiger partial charge on any atom is -0.462 e. The zero-order chi connectivity index (χ0) is 24.4. The van der Waals surface area contributed by atoms with Crippen LogP contribution >= 0.6 is 0 Å². The number of nitrogens with zero attached hydrogens (tertiary/aromatic N) is 1. The second-order valence-electron chi connectivity index (χ2n) is 9.67. The van der Waals surface area contributed by atoms with Crippen molar-refractivity contribution in [2.24, 2.45) is 0 Å². The van der Waals surface area contributed by atoms with Gasteiger partial charge in [-0.3, -0.25) is 4.79 Å². The molecule has 0 amide bonds. The summed E-state index contributed by atoms with van der Waals surface area (Å²) >= 11 is 0. The van der Waals surface area contributed by atoms with E-state index in [2.05, 4.69) is 63.6 Å². The summed E-state index contributed by atoms with van der Waals surface area (Å²) < 4.78 is 5.86. The molecule has 0 saturated heterocycles. The summed E-state index contributed by atoms with van der Waals surface area (Å²) in [4.78, 5) is 14.6. The summed E-state index contributed by atoms with van der Waals surface area (Å²) in [7, 11) is 4.19. The molecule has 0 heterocycles. The molecule has 0 aliphatic carbocycles. The minimum atomic E-state index is -0.0266. The lowest BCUT2D eigenvalue weighted by Crippen LogP contribution is -2.19. The number of esters is 1. The Bertz CT molecular complexity index is 470. The van der Waals surface area contributed by atoms with Crippen molar-refractivity contribution >= 4 is 5.97 Å². The van der Waals surface area contributed by atoms with Crippen molar-refractivity contribution < 1.29 is 9.53 Å². The number of hydrogen-bond donors (Lipinski definition) is 0. The Morgan fingerprint density at radius 3 is 1.85 bits per heavy atom. The van der Waals surface area contributed by atoms with Gasteiger partial charge in [-0.15, -0.1) is 0 Å². The van der Waals surface area contributed by atoms with Gasteiger partial charge in [0.25, 0.3) is 0 Å². The zero-order valence-corrected chi connectivity index (χ0v) is 22.7. The highest BCUT2D eigenvalue weighted by Crippen LogP contribution is 2.15. The molecule has 0 aromatic carbocycles. The Labute approximate surface area is 207 Å². The van der Waals surface area contributed by atoms with Crippen LogP contribution in [-0.4, -0.2) is 37.6 Å². The van der Waals surface area contributed by atoms with E-state index >= 15 is 0 Å². The predicted octanol–water partition coefficient (Wildman–Crippen LogP) is 8.84. The summed E-state index contributed by atoms with van der Waals surface area (Å²) in [5.41, 5.74) is 0. The SMILES string of the molecule is CCCCC/C=C\CCC[CH]C(CCC/C=C\CCCCC)OC(=O)CCCCCN(C)C. The van der Waals surface area contributed by atoms with E-state index in [9.17, 15) is 4.79 Å². The van der Waals surface area contributed by atoms with Crippen molar-refractivity contribution in [1.29, 1.82) is 0 Å². The molecule has 0 bridgehead atoms. The molecule has 193 valence electrons. The third-order valence-corrected chi connectivity index (χ3v) is 5.91. The Hall–Kier alpha value is -1.09. The summed E-state index contributed by atoms with van der Waals surface area (Å²) in [5.74, 6) is -0.0213. The normalized spacial score (nSPS) is 12.9. The van der Waals surface area contributed by atoms with Crippen LogP contribution in [0, 0.1) is 6.42 Å². The standard InChI is InChI=1S/C30H56NO2/c1-5-7-9-11-13-15-17-19-22-26-29(25-21-18-16-14-12-10-8-6-2)33-30(32)27-23-20-24-28-31(3)4/h13-16,26,29H,5-12,17-25,27-28H2,1-4H3/b15-13-,16-14-. The number of unbranched alkanes of at least 4 members (excludes halogenated alkanes) is 11. The van der Waals surface area contributed by atoms with Gasteiger partial charge in [0.2, 0.25) is 0 Å². The largest absolute Gasteiger partial charge is 0.462 e. The molecule has 1 atom stereocenters. The molecular formula is C30H56NO2. The Morgan fingerprint density at radius 2 is 1.27 bits per heavy atom. The minimum absolute atomic E-state index is 0.0213. The van der Waals surface area contributed by atoms with Gasteiger partial charge in [-0.05, 0) is 97.7 Å². The molecule has 0 spiro atoms. The van der Waals surface area contributed by atoms with Gasteiger partial charge < -0.3 is 9.64 Å². The molecule has 3 heteroatoms. The highest BCUT2D eigenvalue weighted by atomic mass is 16.5. The van der Waals surface area contributed by atoms with Gasteiger partial charge in [-0.25, -0.2) is 0 Å². The van der Waals surface area contributed by atoms with E-state index in [1.807, 2.05) is 0 Å². The van der Waals surface area contributed by atoms with E-state index in [0.717, 1.165) is 64.3 Å². The maximum Gasteiger partial charge on any atom is 0.306 e. The molecule has 0 rings (SSSR count). The molecule has 0 fully saturated rings. The van der Waals surface area contributed by atoms with Crippen molar-refractivity contribution in [3.63, 3.8) is 0 Å². The van der Waals surface area contributed by atoms with Crippen molar-refractivity contribution in [3.05, 3.63) is 30.7 Å². The highest BCUT2D eigenvalue weighted by molar-refractivity contribution is 5.69. The second kappa shape index (κ2) is 25.5. The molecular weight excluding hydrogens is 406 g/mol. The molecule has 0 N–H and O–H groups in total. The van der Waals surface area contributed by atoms with Gasteiger partial charge in [-0.1, -0.05) is 70.3 Å². The van der Waals surface area contributed by atoms with E-state index in [0.29, 0.717) is 6.42 Å². The van der Waals surface area contributed by atoms with Crippen LogP contribution in [0.1, 0.15) is 129 Å². The third kappa shape index (κ3) is 25.4. The van der Waals surface area contributed by atoms with Crippen LogP contribution in [0.25, 0.3) is 0 Å². The van der Waals surface area contributed by atoms with Crippen LogP contribution in [0.5, 0.6) is 0 Å². The lowest BCUT2D eigenvalue weighted by Gasteiger charge is -2.17. The average molecular weight is 463 g/mol. The number of ether oxygens (including phenoxy) is 1. The fourth-order valence-electron chi connectivity index (χ4n) is 3.80. The van der Waals surface area contributed by atoms with E-state index in [1.165, 1.54) is 51.4 Å². The second-order valence-corrected chi connectivity index (χ2v) is 9.67. The number of rotatable bonds is 24. The quantitative estimate of drug-likeness (QED) is 0.0815. The van der Waals surface area contributed by atoms with Crippen molar-refractivity contribution in [2.45, 2.75) is 136 Å². The fraction of sp³-hybridized carbons (Fsp3) is 0.800. The van der Waals surface area contributed by atoms with Crippen molar-refractivity contribution in [2.75, 3.05) is 20.6 Å². The molecule has 0 aromatic rings. The Morgan fingerprint density at radius 1 is 0.697 bits per heavy atom. The number of hydrogen-bond acceptors (Lipinski definition) is 3. The van der Waals surface area contributed by atoms with Gasteiger partial charge in [0, 0.05) is 12.8 Å². The third-order valence-electron chi connectivity index (χ3n) is 5.91. The predicted molar refractivity (Wildman–Crippen MR) is 145 cm³/mol. The molecule has 33 heavy (non-hydrogen) atoms. The number of carbonyl (C=O) groups excluding carboxylic acids is 1. The van der Waals surface area contributed by atoms with Gasteiger partial charge in [-0.2, -0.15) is 0 Å². The van der Waals surface area contributed by atoms with Crippen LogP contribution in [0.3, 0.4) is 0 Å². The number of allylic oxidation sites excluding steroid dienone is 4. The summed E-state index contributed by atoms with van der Waals surface area (Å²) in [6, 6.07) is 0. The topological polar surface area (TPSA) is 29.5 Å². The summed E-state index contributed by atoms with van der Waals surface area (Å²) in [5, 5.41) is 0. The highest BCUT2D eigenvalue weighted by Gasteiger charge is 2.14. The first-order valence-corrected chi connectivity index (χ1v) is 14.1. The van der Waals surface area contributed by atoms with Gasteiger partial charge >= 0.3 is 5.97 Å². The average Bonchev–Trinajstić information content (AvgIpc) is 2.79. The Kier molecular flexibility index (Phi) is 24.7. The van der Waals surface area contributed by atoms with Crippen LogP contribution < -0.4 is 0 Å². The van der Waals surface area contributed by atoms with Crippen LogP contribution in [-0.2, 0) is 9.53 Å². The van der Waals surface area contributed by atoms with Crippen LogP contribution in [0.2, 0.25) is 0 Å². The first-order chi connectivity index (χ1) is 16.1. The first-order valence-electron chi connectivity index (χ1n) is 14.1. The monoisotopic (exact) mass is 462 g/mol. The van der Waals surface area contributed by atoms with Crippen molar-refractivity contribution in [1.82, 2.24) is 4.90 Å². The molecule has 1 radical (unpaired) electrons. The van der Waals surface area contributed by atoms with Crippen molar-refractivity contribution in [3.8, 4) is 0 Å². The molecule has 0 aromatic heterocycles. The lowest BCUT2D eigenvalue weighted by atomic mass is 10.0. The van der Waals surface area contributed by atoms with Crippen LogP contribution in [0.15, 0.2) is 24.3 Å². The fourth-order valence-corrected chi connectivity index (χ4v) is 3.80. The van der Waals surface area contributed by atoms with E-state index in [1.54, 1.807) is 0 Å². The molecule has 1 unspecified atom stereocenters.